The van der Waals surface area contributed by atoms with Crippen LogP contribution in [0.4, 0.5) is 0 Å². The Morgan fingerprint density at radius 2 is 2.18 bits per heavy atom. The number of likely N-dealkylation sites (tertiary alicyclic amines) is 1. The molecule has 17 heavy (non-hydrogen) atoms. The first-order valence-corrected chi connectivity index (χ1v) is 5.86. The van der Waals surface area contributed by atoms with Gasteiger partial charge in [-0.1, -0.05) is 0 Å². The van der Waals surface area contributed by atoms with Crippen LogP contribution in [0, 0.1) is 12.8 Å². The molecule has 0 spiro atoms. The van der Waals surface area contributed by atoms with Gasteiger partial charge in [0.25, 0.3) is 0 Å². The summed E-state index contributed by atoms with van der Waals surface area (Å²) in [6.45, 7) is 4.25. The maximum absolute atomic E-state index is 10.6. The average Bonchev–Trinajstić information content (AvgIpc) is 2.66. The van der Waals surface area contributed by atoms with E-state index in [0.29, 0.717) is 24.2 Å². The summed E-state index contributed by atoms with van der Waals surface area (Å²) >= 11 is 0. The first-order chi connectivity index (χ1) is 8.13. The van der Waals surface area contributed by atoms with Crippen molar-refractivity contribution in [2.24, 2.45) is 5.92 Å². The molecule has 6 nitrogen and oxygen atoms in total. The van der Waals surface area contributed by atoms with Crippen LogP contribution in [0.3, 0.4) is 0 Å². The Bertz CT molecular complexity index is 383. The summed E-state index contributed by atoms with van der Waals surface area (Å²) < 4.78 is 5.32. The average molecular weight is 239 g/mol. The summed E-state index contributed by atoms with van der Waals surface area (Å²) in [7, 11) is 0. The van der Waals surface area contributed by atoms with Gasteiger partial charge in [-0.3, -0.25) is 9.69 Å². The summed E-state index contributed by atoms with van der Waals surface area (Å²) in [6.07, 6.45) is 2.15. The molecule has 0 amide bonds. The molecule has 94 valence electrons. The van der Waals surface area contributed by atoms with Gasteiger partial charge in [-0.15, -0.1) is 10.2 Å². The van der Waals surface area contributed by atoms with Crippen molar-refractivity contribution in [2.75, 3.05) is 13.1 Å². The van der Waals surface area contributed by atoms with Crippen LogP contribution in [-0.4, -0.2) is 39.3 Å². The lowest BCUT2D eigenvalue weighted by molar-refractivity contribution is -0.138. The van der Waals surface area contributed by atoms with Gasteiger partial charge in [0.1, 0.15) is 0 Å². The van der Waals surface area contributed by atoms with E-state index in [1.165, 1.54) is 0 Å². The van der Waals surface area contributed by atoms with Crippen molar-refractivity contribution >= 4 is 5.97 Å². The highest BCUT2D eigenvalue weighted by molar-refractivity contribution is 5.67. The smallest absolute Gasteiger partial charge is 0.303 e. The molecule has 2 heterocycles. The fourth-order valence-electron chi connectivity index (χ4n) is 2.19. The number of piperidine rings is 1. The normalized spacial score (nSPS) is 18.4. The van der Waals surface area contributed by atoms with Crippen molar-refractivity contribution in [2.45, 2.75) is 32.7 Å². The topological polar surface area (TPSA) is 79.5 Å². The Hall–Kier alpha value is -1.43. The number of hydrogen-bond donors (Lipinski definition) is 1. The Balaban J connectivity index is 1.77. The fraction of sp³-hybridized carbons (Fsp3) is 0.727. The Morgan fingerprint density at radius 1 is 1.47 bits per heavy atom. The Labute approximate surface area is 99.6 Å². The molecular weight excluding hydrogens is 222 g/mol. The zero-order valence-electron chi connectivity index (χ0n) is 9.93. The lowest BCUT2D eigenvalue weighted by Gasteiger charge is -2.30. The van der Waals surface area contributed by atoms with Crippen LogP contribution in [-0.2, 0) is 11.3 Å². The number of aromatic nitrogens is 2. The third-order valence-electron chi connectivity index (χ3n) is 3.10. The molecule has 1 fully saturated rings. The minimum absolute atomic E-state index is 0.285. The highest BCUT2D eigenvalue weighted by Crippen LogP contribution is 2.21. The van der Waals surface area contributed by atoms with Crippen LogP contribution >= 0.6 is 0 Å². The van der Waals surface area contributed by atoms with Crippen LogP contribution in [0.1, 0.15) is 31.0 Å². The largest absolute Gasteiger partial charge is 0.481 e. The molecule has 0 aromatic carbocycles. The van der Waals surface area contributed by atoms with Gasteiger partial charge < -0.3 is 9.52 Å². The molecule has 2 rings (SSSR count). The van der Waals surface area contributed by atoms with Gasteiger partial charge in [0.2, 0.25) is 11.8 Å². The number of carbonyl (C=O) groups is 1. The van der Waals surface area contributed by atoms with Crippen molar-refractivity contribution in [3.8, 4) is 0 Å². The van der Waals surface area contributed by atoms with Gasteiger partial charge in [-0.25, -0.2) is 0 Å². The standard InChI is InChI=1S/C11H17N3O3/c1-8-12-13-10(17-8)7-14-4-2-9(3-5-14)6-11(15)16/h9H,2-7H2,1H3,(H,15,16). The molecule has 0 bridgehead atoms. The Kier molecular flexibility index (Phi) is 3.73. The van der Waals surface area contributed by atoms with E-state index in [2.05, 4.69) is 15.1 Å². The number of nitrogens with zero attached hydrogens (tertiary/aromatic N) is 3. The van der Waals surface area contributed by atoms with E-state index in [9.17, 15) is 4.79 Å². The second-order valence-corrected chi connectivity index (χ2v) is 4.53. The predicted molar refractivity (Wildman–Crippen MR) is 59.3 cm³/mol. The van der Waals surface area contributed by atoms with Gasteiger partial charge in [0.05, 0.1) is 6.54 Å². The number of carboxylic acids is 1. The lowest BCUT2D eigenvalue weighted by atomic mass is 9.94. The van der Waals surface area contributed by atoms with Gasteiger partial charge in [0.15, 0.2) is 0 Å². The summed E-state index contributed by atoms with van der Waals surface area (Å²) in [5, 5.41) is 16.5. The third kappa shape index (κ3) is 3.52. The van der Waals surface area contributed by atoms with E-state index in [4.69, 9.17) is 9.52 Å². The second-order valence-electron chi connectivity index (χ2n) is 4.53. The summed E-state index contributed by atoms with van der Waals surface area (Å²) in [5.41, 5.74) is 0. The van der Waals surface area contributed by atoms with Gasteiger partial charge in [-0.05, 0) is 31.8 Å². The molecule has 0 radical (unpaired) electrons. The van der Waals surface area contributed by atoms with E-state index in [0.717, 1.165) is 25.9 Å². The van der Waals surface area contributed by atoms with Crippen LogP contribution < -0.4 is 0 Å². The first kappa shape index (κ1) is 12.0. The van der Waals surface area contributed by atoms with E-state index in [1.807, 2.05) is 0 Å². The molecule has 0 unspecified atom stereocenters. The zero-order chi connectivity index (χ0) is 12.3. The molecule has 6 heteroatoms. The molecule has 1 aliphatic heterocycles. The molecule has 1 aromatic heterocycles. The number of aryl methyl sites for hydroxylation is 1. The lowest BCUT2D eigenvalue weighted by Crippen LogP contribution is -2.34. The highest BCUT2D eigenvalue weighted by Gasteiger charge is 2.22. The molecule has 1 N–H and O–H groups in total. The van der Waals surface area contributed by atoms with Crippen molar-refractivity contribution in [1.82, 2.24) is 15.1 Å². The summed E-state index contributed by atoms with van der Waals surface area (Å²) in [4.78, 5) is 12.8. The van der Waals surface area contributed by atoms with E-state index in [-0.39, 0.29) is 6.42 Å². The van der Waals surface area contributed by atoms with E-state index < -0.39 is 5.97 Å². The predicted octanol–water partition coefficient (Wildman–Crippen LogP) is 1.06. The highest BCUT2D eigenvalue weighted by atomic mass is 16.4. The van der Waals surface area contributed by atoms with Crippen molar-refractivity contribution < 1.29 is 14.3 Å². The molecular formula is C11H17N3O3. The first-order valence-electron chi connectivity index (χ1n) is 5.86. The molecule has 0 atom stereocenters. The SMILES string of the molecule is Cc1nnc(CN2CCC(CC(=O)O)CC2)o1. The quantitative estimate of drug-likeness (QED) is 0.846. The van der Waals surface area contributed by atoms with Crippen LogP contribution in [0.15, 0.2) is 4.42 Å². The monoisotopic (exact) mass is 239 g/mol. The fourth-order valence-corrected chi connectivity index (χ4v) is 2.19. The minimum Gasteiger partial charge on any atom is -0.481 e. The van der Waals surface area contributed by atoms with Crippen molar-refractivity contribution in [3.63, 3.8) is 0 Å². The van der Waals surface area contributed by atoms with Gasteiger partial charge >= 0.3 is 5.97 Å². The summed E-state index contributed by atoms with van der Waals surface area (Å²) in [6, 6.07) is 0. The molecule has 1 aliphatic rings. The Morgan fingerprint density at radius 3 is 2.71 bits per heavy atom. The van der Waals surface area contributed by atoms with Gasteiger partial charge in [-0.2, -0.15) is 0 Å². The molecule has 1 aromatic rings. The zero-order valence-corrected chi connectivity index (χ0v) is 9.93. The summed E-state index contributed by atoms with van der Waals surface area (Å²) in [5.74, 6) is 0.837. The van der Waals surface area contributed by atoms with Crippen molar-refractivity contribution in [3.05, 3.63) is 11.8 Å². The number of aliphatic carboxylic acids is 1. The van der Waals surface area contributed by atoms with Gasteiger partial charge in [0, 0.05) is 13.3 Å². The number of rotatable bonds is 4. The molecule has 1 saturated heterocycles. The maximum Gasteiger partial charge on any atom is 0.303 e. The third-order valence-corrected chi connectivity index (χ3v) is 3.10. The van der Waals surface area contributed by atoms with Crippen LogP contribution in [0.5, 0.6) is 0 Å². The maximum atomic E-state index is 10.6. The molecule has 0 saturated carbocycles. The van der Waals surface area contributed by atoms with Crippen molar-refractivity contribution in [1.29, 1.82) is 0 Å². The number of carboxylic acid groups (broad SMARTS) is 1. The van der Waals surface area contributed by atoms with Crippen LogP contribution in [0.25, 0.3) is 0 Å². The number of hydrogen-bond acceptors (Lipinski definition) is 5. The second kappa shape index (κ2) is 5.27. The van der Waals surface area contributed by atoms with E-state index in [1.54, 1.807) is 6.92 Å². The minimum atomic E-state index is -0.698. The van der Waals surface area contributed by atoms with Crippen LogP contribution in [0.2, 0.25) is 0 Å². The molecule has 0 aliphatic carbocycles. The van der Waals surface area contributed by atoms with E-state index >= 15 is 0 Å².